The van der Waals surface area contributed by atoms with Crippen molar-refractivity contribution in [2.45, 2.75) is 6.54 Å². The van der Waals surface area contributed by atoms with Crippen LogP contribution in [0.5, 0.6) is 0 Å². The molecule has 3 aromatic heterocycles. The highest BCUT2D eigenvalue weighted by Gasteiger charge is 2.16. The largest absolute Gasteiger partial charge is 0.331 e. The van der Waals surface area contributed by atoms with Crippen LogP contribution in [0.15, 0.2) is 72.4 Å². The molecule has 4 rings (SSSR count). The molecule has 4 nitrogen and oxygen atoms in total. The van der Waals surface area contributed by atoms with E-state index in [4.69, 9.17) is 0 Å². The summed E-state index contributed by atoms with van der Waals surface area (Å²) in [5.41, 5.74) is 3.66. The highest BCUT2D eigenvalue weighted by Crippen LogP contribution is 2.26. The zero-order valence-corrected chi connectivity index (χ0v) is 13.7. The minimum absolute atomic E-state index is 0.111. The molecule has 1 amide bonds. The molecule has 0 aliphatic heterocycles. The average molecular weight is 333 g/mol. The van der Waals surface area contributed by atoms with E-state index in [1.807, 2.05) is 24.3 Å². The van der Waals surface area contributed by atoms with Crippen molar-refractivity contribution >= 4 is 33.1 Å². The normalized spacial score (nSPS) is 10.8. The van der Waals surface area contributed by atoms with Gasteiger partial charge in [-0.05, 0) is 35.2 Å². The molecule has 0 aliphatic carbocycles. The van der Waals surface area contributed by atoms with Crippen molar-refractivity contribution in [2.24, 2.45) is 0 Å². The molecule has 4 aromatic rings. The van der Waals surface area contributed by atoms with Crippen molar-refractivity contribution in [2.75, 3.05) is 5.32 Å². The standard InChI is InChI=1S/C19H15N3OS/c23-19(21-15-6-9-20-10-7-15)17-12-18-16(8-11-24-18)22(17)13-14-4-2-1-3-5-14/h1-12H,13H2,(H,20,21,23). The number of amides is 1. The second-order valence-electron chi connectivity index (χ2n) is 5.46. The van der Waals surface area contributed by atoms with Crippen molar-refractivity contribution in [1.82, 2.24) is 9.55 Å². The summed E-state index contributed by atoms with van der Waals surface area (Å²) in [6.45, 7) is 0.667. The molecular weight excluding hydrogens is 318 g/mol. The minimum atomic E-state index is -0.111. The van der Waals surface area contributed by atoms with E-state index in [9.17, 15) is 4.79 Å². The maximum Gasteiger partial charge on any atom is 0.272 e. The first-order chi connectivity index (χ1) is 11.8. The third-order valence-corrected chi connectivity index (χ3v) is 4.73. The molecular formula is C19H15N3OS. The maximum atomic E-state index is 12.7. The summed E-state index contributed by atoms with van der Waals surface area (Å²) < 4.78 is 3.18. The van der Waals surface area contributed by atoms with Gasteiger partial charge in [0.1, 0.15) is 5.69 Å². The van der Waals surface area contributed by atoms with E-state index < -0.39 is 0 Å². The number of thiophene rings is 1. The number of hydrogen-bond donors (Lipinski definition) is 1. The van der Waals surface area contributed by atoms with E-state index in [0.29, 0.717) is 12.2 Å². The lowest BCUT2D eigenvalue weighted by molar-refractivity contribution is 0.101. The number of rotatable bonds is 4. The lowest BCUT2D eigenvalue weighted by Gasteiger charge is -2.11. The van der Waals surface area contributed by atoms with Crippen molar-refractivity contribution in [3.8, 4) is 0 Å². The monoisotopic (exact) mass is 333 g/mol. The van der Waals surface area contributed by atoms with Gasteiger partial charge >= 0.3 is 0 Å². The molecule has 3 heterocycles. The van der Waals surface area contributed by atoms with Crippen molar-refractivity contribution in [1.29, 1.82) is 0 Å². The molecule has 0 spiro atoms. The summed E-state index contributed by atoms with van der Waals surface area (Å²) in [5.74, 6) is -0.111. The molecule has 0 bridgehead atoms. The third-order valence-electron chi connectivity index (χ3n) is 3.88. The quantitative estimate of drug-likeness (QED) is 0.602. The summed E-state index contributed by atoms with van der Waals surface area (Å²) in [6.07, 6.45) is 3.33. The second kappa shape index (κ2) is 6.29. The Hall–Kier alpha value is -2.92. The molecule has 0 saturated carbocycles. The minimum Gasteiger partial charge on any atom is -0.331 e. The molecule has 1 aromatic carbocycles. The van der Waals surface area contributed by atoms with Gasteiger partial charge in [0.25, 0.3) is 5.91 Å². The molecule has 0 aliphatic rings. The predicted octanol–water partition coefficient (Wildman–Crippen LogP) is 4.40. The van der Waals surface area contributed by atoms with Crippen LogP contribution in [0.1, 0.15) is 16.1 Å². The zero-order chi connectivity index (χ0) is 16.4. The van der Waals surface area contributed by atoms with Crippen LogP contribution < -0.4 is 5.32 Å². The molecule has 0 saturated heterocycles. The Balaban J connectivity index is 1.71. The lowest BCUT2D eigenvalue weighted by Crippen LogP contribution is -2.17. The number of anilines is 1. The Bertz CT molecular complexity index is 974. The van der Waals surface area contributed by atoms with E-state index in [2.05, 4.69) is 38.4 Å². The zero-order valence-electron chi connectivity index (χ0n) is 12.8. The SMILES string of the molecule is O=C(Nc1ccncc1)c1cc2sccc2n1Cc1ccccc1. The fourth-order valence-electron chi connectivity index (χ4n) is 2.73. The third kappa shape index (κ3) is 2.81. The van der Waals surface area contributed by atoms with Crippen molar-refractivity contribution in [3.05, 3.63) is 83.6 Å². The number of nitrogens with zero attached hydrogens (tertiary/aromatic N) is 2. The summed E-state index contributed by atoms with van der Waals surface area (Å²) in [4.78, 5) is 16.7. The van der Waals surface area contributed by atoms with Crippen molar-refractivity contribution < 1.29 is 4.79 Å². The number of aromatic nitrogens is 2. The summed E-state index contributed by atoms with van der Waals surface area (Å²) >= 11 is 1.65. The fraction of sp³-hybridized carbons (Fsp3) is 0.0526. The molecule has 1 N–H and O–H groups in total. The summed E-state index contributed by atoms with van der Waals surface area (Å²) in [5, 5.41) is 4.99. The highest BCUT2D eigenvalue weighted by atomic mass is 32.1. The van der Waals surface area contributed by atoms with E-state index in [1.54, 1.807) is 35.9 Å². The number of pyridine rings is 1. The van der Waals surface area contributed by atoms with Crippen LogP contribution in [0.3, 0.4) is 0 Å². The fourth-order valence-corrected chi connectivity index (χ4v) is 3.55. The highest BCUT2D eigenvalue weighted by molar-refractivity contribution is 7.17. The van der Waals surface area contributed by atoms with Crippen molar-refractivity contribution in [3.63, 3.8) is 0 Å². The van der Waals surface area contributed by atoms with Gasteiger partial charge in [-0.2, -0.15) is 0 Å². The summed E-state index contributed by atoms with van der Waals surface area (Å²) in [6, 6.07) is 17.8. The van der Waals surface area contributed by atoms with E-state index in [-0.39, 0.29) is 5.91 Å². The predicted molar refractivity (Wildman–Crippen MR) is 97.5 cm³/mol. The van der Waals surface area contributed by atoms with Gasteiger partial charge in [-0.25, -0.2) is 0 Å². The van der Waals surface area contributed by atoms with Crippen LogP contribution in [0, 0.1) is 0 Å². The molecule has 24 heavy (non-hydrogen) atoms. The lowest BCUT2D eigenvalue weighted by atomic mass is 10.2. The number of benzene rings is 1. The average Bonchev–Trinajstić information content (AvgIpc) is 3.19. The van der Waals surface area contributed by atoms with Crippen LogP contribution in [-0.4, -0.2) is 15.5 Å². The molecule has 0 fully saturated rings. The van der Waals surface area contributed by atoms with Gasteiger partial charge in [0.15, 0.2) is 0 Å². The van der Waals surface area contributed by atoms with Gasteiger partial charge in [0.05, 0.1) is 10.2 Å². The smallest absolute Gasteiger partial charge is 0.272 e. The number of nitrogens with one attached hydrogen (secondary N) is 1. The molecule has 0 unspecified atom stereocenters. The molecule has 0 radical (unpaired) electrons. The first-order valence-electron chi connectivity index (χ1n) is 7.63. The van der Waals surface area contributed by atoms with Gasteiger partial charge in [0, 0.05) is 24.6 Å². The number of hydrogen-bond acceptors (Lipinski definition) is 3. The molecule has 0 atom stereocenters. The number of fused-ring (bicyclic) bond motifs is 1. The number of carbonyl (C=O) groups excluding carboxylic acids is 1. The van der Waals surface area contributed by atoms with Crippen LogP contribution in [0.4, 0.5) is 5.69 Å². The first-order valence-corrected chi connectivity index (χ1v) is 8.51. The Morgan fingerprint density at radius 3 is 2.67 bits per heavy atom. The Morgan fingerprint density at radius 2 is 1.88 bits per heavy atom. The Kier molecular flexibility index (Phi) is 3.84. The summed E-state index contributed by atoms with van der Waals surface area (Å²) in [7, 11) is 0. The molecule has 118 valence electrons. The van der Waals surface area contributed by atoms with E-state index in [0.717, 1.165) is 15.9 Å². The van der Waals surface area contributed by atoms with Gasteiger partial charge in [0.2, 0.25) is 0 Å². The molecule has 5 heteroatoms. The van der Waals surface area contributed by atoms with Gasteiger partial charge in [-0.15, -0.1) is 11.3 Å². The second-order valence-corrected chi connectivity index (χ2v) is 6.41. The Morgan fingerprint density at radius 1 is 1.08 bits per heavy atom. The van der Waals surface area contributed by atoms with E-state index in [1.165, 1.54) is 5.56 Å². The van der Waals surface area contributed by atoms with Crippen LogP contribution in [-0.2, 0) is 6.54 Å². The van der Waals surface area contributed by atoms with Crippen LogP contribution in [0.2, 0.25) is 0 Å². The van der Waals surface area contributed by atoms with Gasteiger partial charge in [-0.1, -0.05) is 30.3 Å². The maximum absolute atomic E-state index is 12.7. The topological polar surface area (TPSA) is 46.9 Å². The van der Waals surface area contributed by atoms with Crippen LogP contribution in [0.25, 0.3) is 10.2 Å². The van der Waals surface area contributed by atoms with E-state index >= 15 is 0 Å². The first kappa shape index (κ1) is 14.7. The van der Waals surface area contributed by atoms with Crippen LogP contribution >= 0.6 is 11.3 Å². The number of carbonyl (C=O) groups is 1. The van der Waals surface area contributed by atoms with Gasteiger partial charge in [-0.3, -0.25) is 9.78 Å². The van der Waals surface area contributed by atoms with Gasteiger partial charge < -0.3 is 9.88 Å². The Labute approximate surface area is 143 Å².